The lowest BCUT2D eigenvalue weighted by molar-refractivity contribution is 0.103. The summed E-state index contributed by atoms with van der Waals surface area (Å²) in [5.41, 5.74) is 4.55. The molecule has 2 aliphatic carbocycles. The van der Waals surface area contributed by atoms with Crippen LogP contribution in [0.2, 0.25) is 0 Å². The second kappa shape index (κ2) is 3.55. The molecule has 2 aromatic carbocycles. The van der Waals surface area contributed by atoms with Crippen LogP contribution in [-0.2, 0) is 0 Å². The summed E-state index contributed by atoms with van der Waals surface area (Å²) in [5, 5.41) is 2.41. The van der Waals surface area contributed by atoms with Gasteiger partial charge in [-0.2, -0.15) is 0 Å². The Labute approximate surface area is 106 Å². The van der Waals surface area contributed by atoms with Crippen LogP contribution in [0.15, 0.2) is 42.0 Å². The van der Waals surface area contributed by atoms with Gasteiger partial charge in [-0.3, -0.25) is 4.79 Å². The summed E-state index contributed by atoms with van der Waals surface area (Å²) in [4.78, 5) is 12.4. The third-order valence-corrected chi connectivity index (χ3v) is 4.20. The van der Waals surface area contributed by atoms with Crippen molar-refractivity contribution in [2.45, 2.75) is 25.7 Å². The maximum atomic E-state index is 12.4. The Kier molecular flexibility index (Phi) is 1.99. The quantitative estimate of drug-likeness (QED) is 0.661. The van der Waals surface area contributed by atoms with Gasteiger partial charge >= 0.3 is 0 Å². The van der Waals surface area contributed by atoms with E-state index in [9.17, 15) is 4.79 Å². The van der Waals surface area contributed by atoms with Gasteiger partial charge in [-0.1, -0.05) is 24.3 Å². The highest BCUT2D eigenvalue weighted by Gasteiger charge is 2.30. The van der Waals surface area contributed by atoms with Crippen LogP contribution in [-0.4, -0.2) is 5.78 Å². The standard InChI is InChI=1S/C17H14O/c18-17-14-8-4-3-7-13(14)15-9-11-5-1-2-6-12(11)10-16(15)17/h1-2,5-6,9-10H,3-4,7-8H2. The fourth-order valence-electron chi connectivity index (χ4n) is 3.29. The average molecular weight is 234 g/mol. The largest absolute Gasteiger partial charge is 0.289 e. The zero-order valence-electron chi connectivity index (χ0n) is 10.2. The van der Waals surface area contributed by atoms with E-state index in [1.165, 1.54) is 28.3 Å². The highest BCUT2D eigenvalue weighted by atomic mass is 16.1. The van der Waals surface area contributed by atoms with Crippen molar-refractivity contribution in [2.24, 2.45) is 0 Å². The molecule has 0 heterocycles. The second-order valence-corrected chi connectivity index (χ2v) is 5.24. The lowest BCUT2D eigenvalue weighted by atomic mass is 9.91. The average Bonchev–Trinajstić information content (AvgIpc) is 2.71. The number of fused-ring (bicyclic) bond motifs is 3. The number of ketones is 1. The van der Waals surface area contributed by atoms with Crippen LogP contribution >= 0.6 is 0 Å². The maximum Gasteiger partial charge on any atom is 0.189 e. The van der Waals surface area contributed by atoms with Gasteiger partial charge in [0.1, 0.15) is 0 Å². The van der Waals surface area contributed by atoms with E-state index in [2.05, 4.69) is 30.3 Å². The van der Waals surface area contributed by atoms with Gasteiger partial charge < -0.3 is 0 Å². The molecule has 2 aromatic rings. The molecule has 2 aliphatic rings. The minimum absolute atomic E-state index is 0.283. The van der Waals surface area contributed by atoms with Gasteiger partial charge in [0, 0.05) is 11.1 Å². The first-order chi connectivity index (χ1) is 8.84. The fraction of sp³-hybridized carbons (Fsp3) is 0.235. The lowest BCUT2D eigenvalue weighted by Gasteiger charge is -2.13. The van der Waals surface area contributed by atoms with E-state index in [4.69, 9.17) is 0 Å². The molecule has 0 amide bonds. The van der Waals surface area contributed by atoms with Gasteiger partial charge in [-0.05, 0) is 59.7 Å². The molecular weight excluding hydrogens is 220 g/mol. The zero-order chi connectivity index (χ0) is 12.1. The fourth-order valence-corrected chi connectivity index (χ4v) is 3.29. The van der Waals surface area contributed by atoms with E-state index in [1.54, 1.807) is 0 Å². The number of carbonyl (C=O) groups excluding carboxylic acids is 1. The number of rotatable bonds is 0. The van der Waals surface area contributed by atoms with E-state index >= 15 is 0 Å². The molecule has 0 aromatic heterocycles. The summed E-state index contributed by atoms with van der Waals surface area (Å²) in [7, 11) is 0. The normalized spacial score (nSPS) is 18.1. The smallest absolute Gasteiger partial charge is 0.189 e. The van der Waals surface area contributed by atoms with Crippen LogP contribution in [0, 0.1) is 0 Å². The predicted octanol–water partition coefficient (Wildman–Crippen LogP) is 4.36. The van der Waals surface area contributed by atoms with Gasteiger partial charge in [0.25, 0.3) is 0 Å². The predicted molar refractivity (Wildman–Crippen MR) is 73.7 cm³/mol. The number of hydrogen-bond acceptors (Lipinski definition) is 1. The van der Waals surface area contributed by atoms with Crippen LogP contribution in [0.4, 0.5) is 0 Å². The van der Waals surface area contributed by atoms with Crippen molar-refractivity contribution in [1.82, 2.24) is 0 Å². The molecule has 0 saturated heterocycles. The number of benzene rings is 2. The molecule has 88 valence electrons. The van der Waals surface area contributed by atoms with Crippen LogP contribution in [0.3, 0.4) is 0 Å². The molecule has 0 saturated carbocycles. The first-order valence-corrected chi connectivity index (χ1v) is 6.64. The number of Topliss-reactive ketones (excluding diaryl/α,β-unsaturated/α-hetero) is 1. The van der Waals surface area contributed by atoms with E-state index in [1.807, 2.05) is 6.07 Å². The SMILES string of the molecule is O=C1C2=C(CCCC2)c2cc3ccccc3cc21. The summed E-state index contributed by atoms with van der Waals surface area (Å²) in [6, 6.07) is 12.6. The molecule has 0 fully saturated rings. The summed E-state index contributed by atoms with van der Waals surface area (Å²) in [5.74, 6) is 0.283. The van der Waals surface area contributed by atoms with Crippen molar-refractivity contribution in [3.8, 4) is 0 Å². The van der Waals surface area contributed by atoms with Crippen LogP contribution < -0.4 is 0 Å². The molecule has 0 bridgehead atoms. The van der Waals surface area contributed by atoms with E-state index < -0.39 is 0 Å². The Balaban J connectivity index is 2.02. The molecule has 1 nitrogen and oxygen atoms in total. The minimum atomic E-state index is 0.283. The van der Waals surface area contributed by atoms with Gasteiger partial charge in [0.15, 0.2) is 5.78 Å². The minimum Gasteiger partial charge on any atom is -0.289 e. The van der Waals surface area contributed by atoms with E-state index in [0.717, 1.165) is 30.4 Å². The Morgan fingerprint density at radius 3 is 2.11 bits per heavy atom. The van der Waals surface area contributed by atoms with Crippen molar-refractivity contribution in [2.75, 3.05) is 0 Å². The Bertz CT molecular complexity index is 707. The van der Waals surface area contributed by atoms with Crippen molar-refractivity contribution in [3.63, 3.8) is 0 Å². The molecule has 0 atom stereocenters. The molecule has 18 heavy (non-hydrogen) atoms. The highest BCUT2D eigenvalue weighted by Crippen LogP contribution is 2.42. The lowest BCUT2D eigenvalue weighted by Crippen LogP contribution is -2.01. The van der Waals surface area contributed by atoms with Crippen LogP contribution in [0.25, 0.3) is 16.3 Å². The number of carbonyl (C=O) groups is 1. The summed E-state index contributed by atoms with van der Waals surface area (Å²) in [6.07, 6.45) is 4.43. The monoisotopic (exact) mass is 234 g/mol. The molecule has 0 unspecified atom stereocenters. The maximum absolute atomic E-state index is 12.4. The molecule has 0 aliphatic heterocycles. The van der Waals surface area contributed by atoms with Gasteiger partial charge in [-0.15, -0.1) is 0 Å². The molecule has 0 spiro atoms. The Morgan fingerprint density at radius 1 is 0.778 bits per heavy atom. The zero-order valence-corrected chi connectivity index (χ0v) is 10.2. The first kappa shape index (κ1) is 10.1. The van der Waals surface area contributed by atoms with Crippen molar-refractivity contribution in [1.29, 1.82) is 0 Å². The van der Waals surface area contributed by atoms with Crippen molar-refractivity contribution >= 4 is 22.1 Å². The third kappa shape index (κ3) is 1.25. The van der Waals surface area contributed by atoms with Crippen molar-refractivity contribution < 1.29 is 4.79 Å². The number of allylic oxidation sites excluding steroid dienone is 2. The van der Waals surface area contributed by atoms with Crippen LogP contribution in [0.1, 0.15) is 41.6 Å². The third-order valence-electron chi connectivity index (χ3n) is 4.20. The van der Waals surface area contributed by atoms with E-state index in [-0.39, 0.29) is 5.78 Å². The second-order valence-electron chi connectivity index (χ2n) is 5.24. The topological polar surface area (TPSA) is 17.1 Å². The van der Waals surface area contributed by atoms with Gasteiger partial charge in [0.05, 0.1) is 0 Å². The molecule has 4 rings (SSSR count). The van der Waals surface area contributed by atoms with Crippen molar-refractivity contribution in [3.05, 3.63) is 53.1 Å². The van der Waals surface area contributed by atoms with Gasteiger partial charge in [0.2, 0.25) is 0 Å². The van der Waals surface area contributed by atoms with Gasteiger partial charge in [-0.25, -0.2) is 0 Å². The Hall–Kier alpha value is -1.89. The first-order valence-electron chi connectivity index (χ1n) is 6.64. The molecule has 0 N–H and O–H groups in total. The molecule has 1 heteroatoms. The summed E-state index contributed by atoms with van der Waals surface area (Å²) in [6.45, 7) is 0. The molecule has 0 radical (unpaired) electrons. The molecular formula is C17H14O. The van der Waals surface area contributed by atoms with E-state index in [0.29, 0.717) is 0 Å². The van der Waals surface area contributed by atoms with Crippen LogP contribution in [0.5, 0.6) is 0 Å². The Morgan fingerprint density at radius 2 is 1.39 bits per heavy atom. The number of hydrogen-bond donors (Lipinski definition) is 0. The summed E-state index contributed by atoms with van der Waals surface area (Å²) >= 11 is 0. The highest BCUT2D eigenvalue weighted by molar-refractivity contribution is 6.22. The summed E-state index contributed by atoms with van der Waals surface area (Å²) < 4.78 is 0.